The topological polar surface area (TPSA) is 112 Å². The number of phenols is 1. The summed E-state index contributed by atoms with van der Waals surface area (Å²) in [5.74, 6) is -0.185. The van der Waals surface area contributed by atoms with E-state index < -0.39 is 10.0 Å². The van der Waals surface area contributed by atoms with Crippen molar-refractivity contribution in [3.8, 4) is 5.75 Å². The van der Waals surface area contributed by atoms with E-state index in [1.807, 2.05) is 19.9 Å². The Morgan fingerprint density at radius 1 is 1.15 bits per heavy atom. The molecule has 184 valence electrons. The monoisotopic (exact) mass is 488 g/mol. The maximum absolute atomic E-state index is 12.7. The van der Waals surface area contributed by atoms with Gasteiger partial charge in [0.25, 0.3) is 0 Å². The first-order chi connectivity index (χ1) is 16.3. The van der Waals surface area contributed by atoms with Crippen LogP contribution in [0.25, 0.3) is 0 Å². The molecule has 1 aliphatic rings. The van der Waals surface area contributed by atoms with Gasteiger partial charge in [-0.1, -0.05) is 12.1 Å². The number of anilines is 1. The van der Waals surface area contributed by atoms with E-state index in [4.69, 9.17) is 4.74 Å². The first kappa shape index (κ1) is 25.7. The zero-order valence-electron chi connectivity index (χ0n) is 19.6. The number of benzene rings is 2. The Labute approximate surface area is 201 Å². The number of sulfonamides is 1. The summed E-state index contributed by atoms with van der Waals surface area (Å²) in [6.45, 7) is 7.27. The van der Waals surface area contributed by atoms with Crippen molar-refractivity contribution in [1.82, 2.24) is 9.73 Å². The SMILES string of the molecule is CCN(CC)c1ccc(/C=N/NC(=O)CCc2ccc(S(=O)(=O)N3CCOCC3)cc2)c(O)c1. The second-order valence-electron chi connectivity index (χ2n) is 7.87. The van der Waals surface area contributed by atoms with Gasteiger partial charge in [-0.3, -0.25) is 4.79 Å². The highest BCUT2D eigenvalue weighted by atomic mass is 32.2. The van der Waals surface area contributed by atoms with E-state index in [0.29, 0.717) is 38.3 Å². The molecule has 1 heterocycles. The summed E-state index contributed by atoms with van der Waals surface area (Å²) in [5, 5.41) is 14.2. The number of nitrogens with one attached hydrogen (secondary N) is 1. The lowest BCUT2D eigenvalue weighted by Gasteiger charge is -2.26. The number of amides is 1. The van der Waals surface area contributed by atoms with Crippen LogP contribution in [0.3, 0.4) is 0 Å². The fraction of sp³-hybridized carbons (Fsp3) is 0.417. The minimum absolute atomic E-state index is 0.0921. The number of phenolic OH excluding ortho intramolecular Hbond substituents is 1. The molecule has 1 amide bonds. The minimum Gasteiger partial charge on any atom is -0.507 e. The summed E-state index contributed by atoms with van der Waals surface area (Å²) in [7, 11) is -3.53. The average molecular weight is 489 g/mol. The van der Waals surface area contributed by atoms with E-state index in [2.05, 4.69) is 15.4 Å². The molecular formula is C24H32N4O5S. The van der Waals surface area contributed by atoms with Crippen LogP contribution in [0, 0.1) is 0 Å². The average Bonchev–Trinajstić information content (AvgIpc) is 2.85. The van der Waals surface area contributed by atoms with Gasteiger partial charge in [-0.25, -0.2) is 13.8 Å². The molecule has 1 saturated heterocycles. The van der Waals surface area contributed by atoms with Gasteiger partial charge in [-0.2, -0.15) is 9.41 Å². The molecule has 2 aromatic rings. The van der Waals surface area contributed by atoms with E-state index in [9.17, 15) is 18.3 Å². The van der Waals surface area contributed by atoms with Crippen LogP contribution in [-0.2, 0) is 26.0 Å². The summed E-state index contributed by atoms with van der Waals surface area (Å²) >= 11 is 0. The molecule has 0 saturated carbocycles. The molecule has 3 rings (SSSR count). The first-order valence-corrected chi connectivity index (χ1v) is 12.9. The molecule has 0 spiro atoms. The van der Waals surface area contributed by atoms with E-state index in [1.165, 1.54) is 10.5 Å². The quantitative estimate of drug-likeness (QED) is 0.392. The van der Waals surface area contributed by atoms with Gasteiger partial charge >= 0.3 is 0 Å². The number of carbonyl (C=O) groups is 1. The number of nitrogens with zero attached hydrogens (tertiary/aromatic N) is 3. The maximum atomic E-state index is 12.7. The summed E-state index contributed by atoms with van der Waals surface area (Å²) in [5.41, 5.74) is 4.74. The van der Waals surface area contributed by atoms with Crippen molar-refractivity contribution in [2.45, 2.75) is 31.6 Å². The van der Waals surface area contributed by atoms with E-state index >= 15 is 0 Å². The number of aryl methyl sites for hydroxylation is 1. The number of aromatic hydroxyl groups is 1. The maximum Gasteiger partial charge on any atom is 0.243 e. The van der Waals surface area contributed by atoms with Crippen LogP contribution in [0.4, 0.5) is 5.69 Å². The third kappa shape index (κ3) is 6.55. The molecule has 1 aliphatic heterocycles. The fourth-order valence-electron chi connectivity index (χ4n) is 3.68. The van der Waals surface area contributed by atoms with Crippen molar-refractivity contribution in [3.05, 3.63) is 53.6 Å². The van der Waals surface area contributed by atoms with E-state index in [-0.39, 0.29) is 23.0 Å². The van der Waals surface area contributed by atoms with Crippen LogP contribution < -0.4 is 10.3 Å². The van der Waals surface area contributed by atoms with Crippen molar-refractivity contribution in [2.24, 2.45) is 5.10 Å². The number of rotatable bonds is 10. The number of ether oxygens (including phenoxy) is 1. The molecule has 9 nitrogen and oxygen atoms in total. The Kier molecular flexibility index (Phi) is 9.03. The molecule has 0 unspecified atom stereocenters. The van der Waals surface area contributed by atoms with Crippen molar-refractivity contribution in [1.29, 1.82) is 0 Å². The second kappa shape index (κ2) is 12.0. The van der Waals surface area contributed by atoms with Crippen molar-refractivity contribution >= 4 is 27.8 Å². The van der Waals surface area contributed by atoms with Gasteiger partial charge in [0.1, 0.15) is 5.75 Å². The molecule has 0 radical (unpaired) electrons. The highest BCUT2D eigenvalue weighted by Crippen LogP contribution is 2.23. The molecule has 34 heavy (non-hydrogen) atoms. The molecule has 2 N–H and O–H groups in total. The molecule has 2 aromatic carbocycles. The molecule has 0 aromatic heterocycles. The zero-order chi connectivity index (χ0) is 24.6. The van der Waals surface area contributed by atoms with Crippen LogP contribution in [0.2, 0.25) is 0 Å². The smallest absolute Gasteiger partial charge is 0.243 e. The fourth-order valence-corrected chi connectivity index (χ4v) is 5.09. The Hall–Kier alpha value is -2.95. The van der Waals surface area contributed by atoms with Crippen LogP contribution in [-0.4, -0.2) is 69.3 Å². The number of hydrogen-bond donors (Lipinski definition) is 2. The molecule has 0 aliphatic carbocycles. The van der Waals surface area contributed by atoms with E-state index in [0.717, 1.165) is 24.3 Å². The Morgan fingerprint density at radius 3 is 2.44 bits per heavy atom. The predicted octanol–water partition coefficient (Wildman–Crippen LogP) is 2.34. The number of hydrazone groups is 1. The lowest BCUT2D eigenvalue weighted by atomic mass is 10.1. The molecule has 0 bridgehead atoms. The predicted molar refractivity (Wildman–Crippen MR) is 132 cm³/mol. The molecular weight excluding hydrogens is 456 g/mol. The van der Waals surface area contributed by atoms with Gasteiger partial charge < -0.3 is 14.7 Å². The van der Waals surface area contributed by atoms with Gasteiger partial charge in [0, 0.05) is 49.9 Å². The van der Waals surface area contributed by atoms with Crippen molar-refractivity contribution < 1.29 is 23.1 Å². The summed E-state index contributed by atoms with van der Waals surface area (Å²) in [6.07, 6.45) is 2.05. The second-order valence-corrected chi connectivity index (χ2v) is 9.81. The first-order valence-electron chi connectivity index (χ1n) is 11.4. The summed E-state index contributed by atoms with van der Waals surface area (Å²) in [6, 6.07) is 11.9. The van der Waals surface area contributed by atoms with Gasteiger partial charge in [-0.05, 0) is 50.1 Å². The molecule has 0 atom stereocenters. The third-order valence-electron chi connectivity index (χ3n) is 5.71. The van der Waals surface area contributed by atoms with Crippen molar-refractivity contribution in [2.75, 3.05) is 44.3 Å². The van der Waals surface area contributed by atoms with Crippen molar-refractivity contribution in [3.63, 3.8) is 0 Å². The number of hydrogen-bond acceptors (Lipinski definition) is 7. The van der Waals surface area contributed by atoms with Crippen LogP contribution in [0.1, 0.15) is 31.4 Å². The third-order valence-corrected chi connectivity index (χ3v) is 7.62. The van der Waals surface area contributed by atoms with Crippen LogP contribution >= 0.6 is 0 Å². The van der Waals surface area contributed by atoms with Gasteiger partial charge in [0.05, 0.1) is 24.3 Å². The zero-order valence-corrected chi connectivity index (χ0v) is 20.4. The summed E-state index contributed by atoms with van der Waals surface area (Å²) in [4.78, 5) is 14.5. The normalized spacial score (nSPS) is 14.9. The van der Waals surface area contributed by atoms with Gasteiger partial charge in [0.15, 0.2) is 0 Å². The minimum atomic E-state index is -3.53. The Balaban J connectivity index is 1.50. The number of morpholine rings is 1. The van der Waals surface area contributed by atoms with Crippen LogP contribution in [0.15, 0.2) is 52.5 Å². The highest BCUT2D eigenvalue weighted by molar-refractivity contribution is 7.89. The lowest BCUT2D eigenvalue weighted by Crippen LogP contribution is -2.40. The Bertz CT molecular complexity index is 1090. The largest absolute Gasteiger partial charge is 0.507 e. The van der Waals surface area contributed by atoms with Gasteiger partial charge in [0.2, 0.25) is 15.9 Å². The lowest BCUT2D eigenvalue weighted by molar-refractivity contribution is -0.121. The number of carbonyl (C=O) groups excluding carboxylic acids is 1. The Morgan fingerprint density at radius 2 is 1.82 bits per heavy atom. The standard InChI is InChI=1S/C24H32N4O5S/c1-3-27(4-2)21-9-8-20(23(29)17-21)18-25-26-24(30)12-7-19-5-10-22(11-6-19)34(31,32)28-13-15-33-16-14-28/h5-6,8-11,17-18,29H,3-4,7,12-16H2,1-2H3,(H,26,30)/b25-18+. The van der Waals surface area contributed by atoms with Crippen LogP contribution in [0.5, 0.6) is 5.75 Å². The summed E-state index contributed by atoms with van der Waals surface area (Å²) < 4.78 is 32.0. The highest BCUT2D eigenvalue weighted by Gasteiger charge is 2.26. The van der Waals surface area contributed by atoms with Gasteiger partial charge in [-0.15, -0.1) is 0 Å². The molecule has 10 heteroatoms. The molecule has 1 fully saturated rings. The van der Waals surface area contributed by atoms with E-state index in [1.54, 1.807) is 36.4 Å².